The number of rotatable bonds is 7. The minimum atomic E-state index is -0.549. The molecule has 0 spiro atoms. The van der Waals surface area contributed by atoms with Gasteiger partial charge in [-0.2, -0.15) is 5.10 Å². The van der Waals surface area contributed by atoms with Crippen LogP contribution in [-0.4, -0.2) is 35.8 Å². The number of carbonyl (C=O) groups excluding carboxylic acids is 1. The Kier molecular flexibility index (Phi) is 7.38. The third kappa shape index (κ3) is 5.26. The minimum Gasteiger partial charge on any atom is -0.454 e. The highest BCUT2D eigenvalue weighted by Crippen LogP contribution is 2.31. The highest BCUT2D eigenvalue weighted by Gasteiger charge is 2.21. The van der Waals surface area contributed by atoms with Crippen molar-refractivity contribution in [1.82, 2.24) is 9.78 Å². The third-order valence-corrected chi connectivity index (χ3v) is 4.87. The Labute approximate surface area is 178 Å². The van der Waals surface area contributed by atoms with Gasteiger partial charge in [0.25, 0.3) is 0 Å². The monoisotopic (exact) mass is 409 g/mol. The summed E-state index contributed by atoms with van der Waals surface area (Å²) >= 11 is 0. The number of ether oxygens (including phenoxy) is 2. The second-order valence-electron chi connectivity index (χ2n) is 8.07. The largest absolute Gasteiger partial charge is 0.454 e. The van der Waals surface area contributed by atoms with E-state index in [-0.39, 0.29) is 12.2 Å². The Morgan fingerprint density at radius 3 is 2.30 bits per heavy atom. The first-order chi connectivity index (χ1) is 14.1. The van der Waals surface area contributed by atoms with Crippen LogP contribution in [0.4, 0.5) is 0 Å². The van der Waals surface area contributed by atoms with E-state index in [4.69, 9.17) is 9.47 Å². The van der Waals surface area contributed by atoms with Gasteiger partial charge in [-0.3, -0.25) is 9.67 Å². The molecule has 1 aromatic carbocycles. The van der Waals surface area contributed by atoms with Crippen LogP contribution in [0.3, 0.4) is 0 Å². The van der Waals surface area contributed by atoms with Gasteiger partial charge in [0.05, 0.1) is 5.69 Å². The Morgan fingerprint density at radius 1 is 1.20 bits per heavy atom. The molecule has 30 heavy (non-hydrogen) atoms. The molecule has 0 aliphatic rings. The number of allylic oxidation sites excluding steroid dienone is 1. The van der Waals surface area contributed by atoms with Gasteiger partial charge in [0.1, 0.15) is 5.69 Å². The standard InChI is InChI=1S/C24H31N3O3/c1-9-21(28)29-15-30-23(22-16(2)17(3)26-27(22)8)20(14-25-7)18-10-12-19(13-11-18)24(4,5)6/h9-14H,1,15H2,2-8H3/b23-20-,25-14?. The average molecular weight is 410 g/mol. The summed E-state index contributed by atoms with van der Waals surface area (Å²) in [5.74, 6) is -0.00549. The van der Waals surface area contributed by atoms with Crippen LogP contribution < -0.4 is 0 Å². The van der Waals surface area contributed by atoms with Crippen LogP contribution in [0.1, 0.15) is 48.8 Å². The van der Waals surface area contributed by atoms with E-state index in [1.54, 1.807) is 17.9 Å². The van der Waals surface area contributed by atoms with Crippen LogP contribution in [0.5, 0.6) is 0 Å². The summed E-state index contributed by atoms with van der Waals surface area (Å²) < 4.78 is 12.8. The van der Waals surface area contributed by atoms with E-state index in [0.717, 1.165) is 34.2 Å². The fraction of sp³-hybridized carbons (Fsp3) is 0.375. The number of hydrogen-bond acceptors (Lipinski definition) is 5. The van der Waals surface area contributed by atoms with Crippen LogP contribution in [0.2, 0.25) is 0 Å². The van der Waals surface area contributed by atoms with Crippen molar-refractivity contribution in [3.63, 3.8) is 0 Å². The number of benzene rings is 1. The Morgan fingerprint density at radius 2 is 1.83 bits per heavy atom. The van der Waals surface area contributed by atoms with E-state index in [9.17, 15) is 4.79 Å². The van der Waals surface area contributed by atoms with E-state index in [2.05, 4.69) is 61.7 Å². The molecule has 2 rings (SSSR count). The SMILES string of the molecule is C=CC(=O)OCO/C(=C(/C=NC)c1ccc(C(C)(C)C)cc1)c1c(C)c(C)nn1C. The first-order valence-electron chi connectivity index (χ1n) is 9.80. The molecule has 0 N–H and O–H groups in total. The number of aliphatic imine (C=N–C) groups is 1. The fourth-order valence-corrected chi connectivity index (χ4v) is 3.10. The summed E-state index contributed by atoms with van der Waals surface area (Å²) in [6.45, 7) is 13.6. The molecule has 0 radical (unpaired) electrons. The number of carbonyl (C=O) groups is 1. The summed E-state index contributed by atoms with van der Waals surface area (Å²) in [5, 5.41) is 4.51. The molecule has 1 heterocycles. The van der Waals surface area contributed by atoms with Crippen molar-refractivity contribution < 1.29 is 14.3 Å². The first-order valence-corrected chi connectivity index (χ1v) is 9.80. The smallest absolute Gasteiger partial charge is 0.333 e. The van der Waals surface area contributed by atoms with Crippen molar-refractivity contribution in [3.05, 3.63) is 65.0 Å². The number of hydrogen-bond donors (Lipinski definition) is 0. The molecule has 0 amide bonds. The molecule has 0 aliphatic heterocycles. The summed E-state index contributed by atoms with van der Waals surface area (Å²) in [5.41, 5.74) is 5.68. The summed E-state index contributed by atoms with van der Waals surface area (Å²) in [6, 6.07) is 8.32. The molecular weight excluding hydrogens is 378 g/mol. The number of aromatic nitrogens is 2. The molecule has 0 aliphatic carbocycles. The van der Waals surface area contributed by atoms with Gasteiger partial charge in [0.15, 0.2) is 5.76 Å². The lowest BCUT2D eigenvalue weighted by Gasteiger charge is -2.20. The van der Waals surface area contributed by atoms with E-state index >= 15 is 0 Å². The fourth-order valence-electron chi connectivity index (χ4n) is 3.10. The number of aryl methyl sites for hydroxylation is 2. The number of esters is 1. The van der Waals surface area contributed by atoms with Gasteiger partial charge in [0, 0.05) is 37.5 Å². The maximum Gasteiger partial charge on any atom is 0.333 e. The highest BCUT2D eigenvalue weighted by molar-refractivity contribution is 6.18. The predicted molar refractivity (Wildman–Crippen MR) is 121 cm³/mol. The lowest BCUT2D eigenvalue weighted by molar-refractivity contribution is -0.145. The maximum absolute atomic E-state index is 11.5. The Bertz CT molecular complexity index is 974. The molecule has 0 bridgehead atoms. The molecule has 160 valence electrons. The molecule has 2 aromatic rings. The highest BCUT2D eigenvalue weighted by atomic mass is 16.7. The van der Waals surface area contributed by atoms with Crippen molar-refractivity contribution in [1.29, 1.82) is 0 Å². The summed E-state index contributed by atoms with van der Waals surface area (Å²) in [4.78, 5) is 15.7. The maximum atomic E-state index is 11.5. The quantitative estimate of drug-likeness (QED) is 0.220. The molecule has 0 saturated heterocycles. The molecule has 6 nitrogen and oxygen atoms in total. The Hall–Kier alpha value is -3.15. The first kappa shape index (κ1) is 23.1. The van der Waals surface area contributed by atoms with Crippen molar-refractivity contribution in [2.24, 2.45) is 12.0 Å². The lowest BCUT2D eigenvalue weighted by Crippen LogP contribution is -2.11. The second kappa shape index (κ2) is 9.57. The van der Waals surface area contributed by atoms with Gasteiger partial charge in [-0.1, -0.05) is 51.6 Å². The van der Waals surface area contributed by atoms with Crippen molar-refractivity contribution in [3.8, 4) is 0 Å². The van der Waals surface area contributed by atoms with Crippen LogP contribution in [0.25, 0.3) is 11.3 Å². The van der Waals surface area contributed by atoms with Gasteiger partial charge >= 0.3 is 5.97 Å². The summed E-state index contributed by atoms with van der Waals surface area (Å²) in [7, 11) is 3.57. The molecule has 0 fully saturated rings. The number of nitrogens with zero attached hydrogens (tertiary/aromatic N) is 3. The zero-order valence-corrected chi connectivity index (χ0v) is 18.9. The Balaban J connectivity index is 2.64. The molecule has 1 aromatic heterocycles. The zero-order chi connectivity index (χ0) is 22.5. The van der Waals surface area contributed by atoms with Crippen LogP contribution in [-0.2, 0) is 26.7 Å². The lowest BCUT2D eigenvalue weighted by atomic mass is 9.86. The molecule has 6 heteroatoms. The zero-order valence-electron chi connectivity index (χ0n) is 18.9. The van der Waals surface area contributed by atoms with E-state index < -0.39 is 5.97 Å². The van der Waals surface area contributed by atoms with Gasteiger partial charge < -0.3 is 9.47 Å². The van der Waals surface area contributed by atoms with Gasteiger partial charge in [-0.15, -0.1) is 0 Å². The second-order valence-corrected chi connectivity index (χ2v) is 8.07. The van der Waals surface area contributed by atoms with E-state index in [1.165, 1.54) is 5.56 Å². The van der Waals surface area contributed by atoms with Crippen molar-refractivity contribution in [2.45, 2.75) is 40.0 Å². The van der Waals surface area contributed by atoms with Gasteiger partial charge in [-0.25, -0.2) is 4.79 Å². The predicted octanol–water partition coefficient (Wildman–Crippen LogP) is 4.61. The summed E-state index contributed by atoms with van der Waals surface area (Å²) in [6.07, 6.45) is 2.85. The van der Waals surface area contributed by atoms with E-state index in [0.29, 0.717) is 5.76 Å². The van der Waals surface area contributed by atoms with Crippen LogP contribution in [0.15, 0.2) is 41.9 Å². The van der Waals surface area contributed by atoms with E-state index in [1.807, 2.05) is 20.9 Å². The van der Waals surface area contributed by atoms with Crippen LogP contribution >= 0.6 is 0 Å². The van der Waals surface area contributed by atoms with Gasteiger partial charge in [-0.05, 0) is 30.4 Å². The topological polar surface area (TPSA) is 65.7 Å². The molecule has 0 unspecified atom stereocenters. The normalized spacial score (nSPS) is 12.6. The molecular formula is C24H31N3O3. The minimum absolute atomic E-state index is 0.0508. The van der Waals surface area contributed by atoms with Crippen molar-refractivity contribution in [2.75, 3.05) is 13.8 Å². The third-order valence-electron chi connectivity index (χ3n) is 4.87. The van der Waals surface area contributed by atoms with Crippen LogP contribution in [0, 0.1) is 13.8 Å². The van der Waals surface area contributed by atoms with Crippen molar-refractivity contribution >= 4 is 23.5 Å². The van der Waals surface area contributed by atoms with Gasteiger partial charge in [0.2, 0.25) is 6.79 Å². The average Bonchev–Trinajstić information content (AvgIpc) is 2.95. The molecule has 0 saturated carbocycles. The molecule has 0 atom stereocenters.